The van der Waals surface area contributed by atoms with Crippen molar-refractivity contribution in [2.45, 2.75) is 18.8 Å². The van der Waals surface area contributed by atoms with Crippen LogP contribution in [-0.4, -0.2) is 50.1 Å². The molecule has 0 aliphatic carbocycles. The first-order valence-electron chi connectivity index (χ1n) is 11.8. The lowest BCUT2D eigenvalue weighted by atomic mass is 9.86. The van der Waals surface area contributed by atoms with Crippen LogP contribution in [0.3, 0.4) is 0 Å². The minimum absolute atomic E-state index is 0.0829. The van der Waals surface area contributed by atoms with Gasteiger partial charge in [0.15, 0.2) is 0 Å². The van der Waals surface area contributed by atoms with E-state index in [0.717, 1.165) is 63.4 Å². The van der Waals surface area contributed by atoms with Crippen molar-refractivity contribution in [3.05, 3.63) is 96.1 Å². The van der Waals surface area contributed by atoms with Crippen molar-refractivity contribution in [1.29, 1.82) is 0 Å². The second kappa shape index (κ2) is 9.58. The smallest absolute Gasteiger partial charge is 0.234 e. The zero-order chi connectivity index (χ0) is 21.8. The molecule has 1 fully saturated rings. The fraction of sp³-hybridized carbons (Fsp3) is 0.321. The Morgan fingerprint density at radius 1 is 0.719 bits per heavy atom. The average molecular weight is 426 g/mol. The Bertz CT molecular complexity index is 1030. The van der Waals surface area contributed by atoms with Crippen LogP contribution in [0.15, 0.2) is 84.9 Å². The average Bonchev–Trinajstić information content (AvgIpc) is 2.86. The number of carbonyl (C=O) groups excluding carboxylic acids is 1. The number of hydrogen-bond donors (Lipinski definition) is 0. The second-order valence-electron chi connectivity index (χ2n) is 8.80. The van der Waals surface area contributed by atoms with Gasteiger partial charge >= 0.3 is 0 Å². The largest absolute Gasteiger partial charge is 0.369 e. The molecule has 0 saturated carbocycles. The Labute approximate surface area is 191 Å². The van der Waals surface area contributed by atoms with E-state index >= 15 is 0 Å². The summed E-state index contributed by atoms with van der Waals surface area (Å²) in [4.78, 5) is 20.5. The molecule has 164 valence electrons. The third-order valence-corrected chi connectivity index (χ3v) is 6.82. The molecule has 2 aliphatic rings. The van der Waals surface area contributed by atoms with Gasteiger partial charge in [0.25, 0.3) is 0 Å². The topological polar surface area (TPSA) is 26.8 Å². The summed E-state index contributed by atoms with van der Waals surface area (Å²) in [6, 6.07) is 29.3. The van der Waals surface area contributed by atoms with Crippen LogP contribution >= 0.6 is 0 Å². The molecule has 1 unspecified atom stereocenters. The molecule has 4 heteroatoms. The third kappa shape index (κ3) is 4.42. The first kappa shape index (κ1) is 20.8. The predicted molar refractivity (Wildman–Crippen MR) is 131 cm³/mol. The number of benzene rings is 3. The Morgan fingerprint density at radius 2 is 1.38 bits per heavy atom. The van der Waals surface area contributed by atoms with E-state index in [0.29, 0.717) is 0 Å². The number of fused-ring (bicyclic) bond motifs is 1. The lowest BCUT2D eigenvalue weighted by Gasteiger charge is -2.37. The van der Waals surface area contributed by atoms with E-state index in [1.807, 2.05) is 29.2 Å². The minimum Gasteiger partial charge on any atom is -0.369 e. The Hall–Kier alpha value is -3.11. The summed E-state index contributed by atoms with van der Waals surface area (Å²) in [5, 5.41) is 0. The number of nitrogens with zero attached hydrogens (tertiary/aromatic N) is 3. The molecule has 1 atom stereocenters. The number of amides is 1. The van der Waals surface area contributed by atoms with Crippen LogP contribution in [-0.2, 0) is 11.2 Å². The molecule has 3 aromatic carbocycles. The summed E-state index contributed by atoms with van der Waals surface area (Å²) in [7, 11) is 0. The summed E-state index contributed by atoms with van der Waals surface area (Å²) in [5.74, 6) is 0.157. The fourth-order valence-electron chi connectivity index (χ4n) is 5.06. The Morgan fingerprint density at radius 3 is 2.12 bits per heavy atom. The molecule has 0 N–H and O–H groups in total. The normalized spacial score (nSPS) is 19.1. The van der Waals surface area contributed by atoms with Gasteiger partial charge in [-0.05, 0) is 48.7 Å². The van der Waals surface area contributed by atoms with Crippen molar-refractivity contribution < 1.29 is 4.79 Å². The van der Waals surface area contributed by atoms with Crippen molar-refractivity contribution in [1.82, 2.24) is 4.90 Å². The van der Waals surface area contributed by atoms with E-state index in [1.54, 1.807) is 0 Å². The van der Waals surface area contributed by atoms with Gasteiger partial charge < -0.3 is 9.80 Å². The summed E-state index contributed by atoms with van der Waals surface area (Å²) >= 11 is 0. The van der Waals surface area contributed by atoms with Crippen LogP contribution in [0, 0.1) is 0 Å². The fourth-order valence-corrected chi connectivity index (χ4v) is 5.06. The summed E-state index contributed by atoms with van der Waals surface area (Å²) in [6.45, 7) is 6.08. The van der Waals surface area contributed by atoms with E-state index in [2.05, 4.69) is 70.5 Å². The van der Waals surface area contributed by atoms with E-state index in [-0.39, 0.29) is 11.8 Å². The molecular formula is C28H31N3O. The summed E-state index contributed by atoms with van der Waals surface area (Å²) < 4.78 is 0. The molecule has 4 nitrogen and oxygen atoms in total. The standard InChI is InChI=1S/C28H31N3O/c32-28-26(23-10-3-1-4-11-23)22-24-12-7-8-15-27(24)31(28)17-9-16-29-18-20-30(21-19-29)25-13-5-2-6-14-25/h1-8,10-15,26H,9,16-22H2. The van der Waals surface area contributed by atoms with Crippen molar-refractivity contribution in [2.24, 2.45) is 0 Å². The van der Waals surface area contributed by atoms with Gasteiger partial charge in [0.05, 0.1) is 5.92 Å². The quantitative estimate of drug-likeness (QED) is 0.579. The molecule has 5 rings (SSSR count). The van der Waals surface area contributed by atoms with Gasteiger partial charge in [-0.1, -0.05) is 66.7 Å². The van der Waals surface area contributed by atoms with Crippen molar-refractivity contribution in [2.75, 3.05) is 49.1 Å². The van der Waals surface area contributed by atoms with Gasteiger partial charge in [-0.15, -0.1) is 0 Å². The highest BCUT2D eigenvalue weighted by Crippen LogP contribution is 2.35. The van der Waals surface area contributed by atoms with Crippen LogP contribution in [0.1, 0.15) is 23.5 Å². The Kier molecular flexibility index (Phi) is 6.22. The van der Waals surface area contributed by atoms with Crippen LogP contribution in [0.4, 0.5) is 11.4 Å². The number of carbonyl (C=O) groups is 1. The summed E-state index contributed by atoms with van der Waals surface area (Å²) in [6.07, 6.45) is 1.78. The third-order valence-electron chi connectivity index (χ3n) is 6.82. The maximum atomic E-state index is 13.5. The molecule has 1 amide bonds. The van der Waals surface area contributed by atoms with Gasteiger partial charge in [-0.25, -0.2) is 0 Å². The SMILES string of the molecule is O=C1C(c2ccccc2)Cc2ccccc2N1CCCN1CCN(c2ccccc2)CC1. The zero-order valence-corrected chi connectivity index (χ0v) is 18.6. The van der Waals surface area contributed by atoms with Crippen molar-refractivity contribution in [3.63, 3.8) is 0 Å². The van der Waals surface area contributed by atoms with Gasteiger partial charge in [0, 0.05) is 44.1 Å². The number of anilines is 2. The Balaban J connectivity index is 1.21. The van der Waals surface area contributed by atoms with E-state index in [9.17, 15) is 4.79 Å². The molecule has 3 aromatic rings. The van der Waals surface area contributed by atoms with Gasteiger partial charge in [-0.2, -0.15) is 0 Å². The van der Waals surface area contributed by atoms with E-state index in [4.69, 9.17) is 0 Å². The molecule has 0 spiro atoms. The number of para-hydroxylation sites is 2. The van der Waals surface area contributed by atoms with Gasteiger partial charge in [-0.3, -0.25) is 9.69 Å². The molecule has 2 heterocycles. The maximum absolute atomic E-state index is 13.5. The highest BCUT2D eigenvalue weighted by molar-refractivity contribution is 6.01. The summed E-state index contributed by atoms with van der Waals surface area (Å²) in [5.41, 5.74) is 4.81. The lowest BCUT2D eigenvalue weighted by Crippen LogP contribution is -2.47. The van der Waals surface area contributed by atoms with Crippen LogP contribution in [0.25, 0.3) is 0 Å². The molecule has 0 aromatic heterocycles. The number of rotatable bonds is 6. The molecule has 32 heavy (non-hydrogen) atoms. The first-order valence-corrected chi connectivity index (χ1v) is 11.8. The van der Waals surface area contributed by atoms with Crippen molar-refractivity contribution >= 4 is 17.3 Å². The predicted octanol–water partition coefficient (Wildman–Crippen LogP) is 4.57. The number of piperazine rings is 1. The van der Waals surface area contributed by atoms with Crippen LogP contribution in [0.5, 0.6) is 0 Å². The van der Waals surface area contributed by atoms with Crippen LogP contribution in [0.2, 0.25) is 0 Å². The minimum atomic E-state index is -0.0829. The first-order chi connectivity index (χ1) is 15.8. The zero-order valence-electron chi connectivity index (χ0n) is 18.6. The molecular weight excluding hydrogens is 394 g/mol. The second-order valence-corrected chi connectivity index (χ2v) is 8.80. The molecule has 1 saturated heterocycles. The van der Waals surface area contributed by atoms with E-state index in [1.165, 1.54) is 11.3 Å². The van der Waals surface area contributed by atoms with Crippen molar-refractivity contribution in [3.8, 4) is 0 Å². The molecule has 0 radical (unpaired) electrons. The van der Waals surface area contributed by atoms with Gasteiger partial charge in [0.2, 0.25) is 5.91 Å². The lowest BCUT2D eigenvalue weighted by molar-refractivity contribution is -0.120. The number of hydrogen-bond acceptors (Lipinski definition) is 3. The maximum Gasteiger partial charge on any atom is 0.234 e. The monoisotopic (exact) mass is 425 g/mol. The molecule has 2 aliphatic heterocycles. The van der Waals surface area contributed by atoms with E-state index < -0.39 is 0 Å². The highest BCUT2D eigenvalue weighted by Gasteiger charge is 2.33. The van der Waals surface area contributed by atoms with Gasteiger partial charge in [0.1, 0.15) is 0 Å². The highest BCUT2D eigenvalue weighted by atomic mass is 16.2. The van der Waals surface area contributed by atoms with Crippen LogP contribution < -0.4 is 9.80 Å². The molecule has 0 bridgehead atoms.